The van der Waals surface area contributed by atoms with Crippen LogP contribution in [-0.4, -0.2) is 10.8 Å². The Balaban J connectivity index is 2.04. The van der Waals surface area contributed by atoms with E-state index in [4.69, 9.17) is 0 Å². The summed E-state index contributed by atoms with van der Waals surface area (Å²) in [5.41, 5.74) is 4.47. The zero-order chi connectivity index (χ0) is 15.1. The van der Waals surface area contributed by atoms with Crippen molar-refractivity contribution in [2.45, 2.75) is 0 Å². The lowest BCUT2D eigenvalue weighted by Crippen LogP contribution is -2.00. The van der Waals surface area contributed by atoms with E-state index in [0.717, 1.165) is 11.1 Å². The minimum Gasteiger partial charge on any atom is -0.288 e. The molecule has 0 saturated heterocycles. The van der Waals surface area contributed by atoms with E-state index in [9.17, 15) is 10.1 Å². The fourth-order valence-electron chi connectivity index (χ4n) is 2.84. The summed E-state index contributed by atoms with van der Waals surface area (Å²) in [6.07, 6.45) is 0. The molecule has 3 nitrogen and oxygen atoms in total. The molecule has 0 amide bonds. The first kappa shape index (κ1) is 12.5. The van der Waals surface area contributed by atoms with Crippen molar-refractivity contribution in [1.82, 2.24) is 4.98 Å². The van der Waals surface area contributed by atoms with Gasteiger partial charge in [-0.1, -0.05) is 54.6 Å². The molecule has 22 heavy (non-hydrogen) atoms. The van der Waals surface area contributed by atoms with E-state index in [1.807, 2.05) is 48.5 Å². The third kappa shape index (κ3) is 1.68. The molecule has 0 saturated carbocycles. The number of carbonyl (C=O) groups is 1. The molecule has 3 aromatic rings. The van der Waals surface area contributed by atoms with E-state index in [1.54, 1.807) is 12.1 Å². The minimum atomic E-state index is -0.116. The van der Waals surface area contributed by atoms with Crippen LogP contribution in [0.15, 0.2) is 60.7 Å². The Hall–Kier alpha value is -3.25. The van der Waals surface area contributed by atoms with E-state index < -0.39 is 0 Å². The van der Waals surface area contributed by atoms with E-state index in [-0.39, 0.29) is 5.78 Å². The fourth-order valence-corrected chi connectivity index (χ4v) is 2.84. The Labute approximate surface area is 127 Å². The lowest BCUT2D eigenvalue weighted by atomic mass is 10.0. The van der Waals surface area contributed by atoms with Gasteiger partial charge in [-0.05, 0) is 6.07 Å². The summed E-state index contributed by atoms with van der Waals surface area (Å²) >= 11 is 0. The molecule has 2 aromatic carbocycles. The summed E-state index contributed by atoms with van der Waals surface area (Å²) in [6, 6.07) is 20.9. The Kier molecular flexibility index (Phi) is 2.64. The SMILES string of the molecule is N#Cc1cc(-c2ccccc2)nc2c1C(=O)c1ccccc1-2. The summed E-state index contributed by atoms with van der Waals surface area (Å²) in [4.78, 5) is 17.2. The number of carbonyl (C=O) groups excluding carboxylic acids is 1. The number of nitrogens with zero attached hydrogens (tertiary/aromatic N) is 2. The van der Waals surface area contributed by atoms with Crippen molar-refractivity contribution in [3.8, 4) is 28.6 Å². The quantitative estimate of drug-likeness (QED) is 0.533. The molecule has 0 fully saturated rings. The van der Waals surface area contributed by atoms with Gasteiger partial charge in [0.2, 0.25) is 0 Å². The monoisotopic (exact) mass is 282 g/mol. The average Bonchev–Trinajstić information content (AvgIpc) is 2.88. The van der Waals surface area contributed by atoms with Crippen LogP contribution in [0.25, 0.3) is 22.5 Å². The van der Waals surface area contributed by atoms with Gasteiger partial charge in [0, 0.05) is 16.7 Å². The Morgan fingerprint density at radius 3 is 2.32 bits per heavy atom. The van der Waals surface area contributed by atoms with E-state index in [2.05, 4.69) is 11.1 Å². The summed E-state index contributed by atoms with van der Waals surface area (Å²) in [5.74, 6) is -0.116. The first-order valence-electron chi connectivity index (χ1n) is 6.94. The zero-order valence-corrected chi connectivity index (χ0v) is 11.6. The smallest absolute Gasteiger partial charge is 0.197 e. The highest BCUT2D eigenvalue weighted by Crippen LogP contribution is 2.38. The van der Waals surface area contributed by atoms with Crippen LogP contribution in [0.4, 0.5) is 0 Å². The number of ketones is 1. The van der Waals surface area contributed by atoms with Gasteiger partial charge in [0.25, 0.3) is 0 Å². The molecule has 0 N–H and O–H groups in total. The molecular weight excluding hydrogens is 272 g/mol. The summed E-state index contributed by atoms with van der Waals surface area (Å²) < 4.78 is 0. The van der Waals surface area contributed by atoms with Gasteiger partial charge in [0.05, 0.1) is 22.5 Å². The zero-order valence-electron chi connectivity index (χ0n) is 11.6. The lowest BCUT2D eigenvalue weighted by Gasteiger charge is -2.06. The summed E-state index contributed by atoms with van der Waals surface area (Å²) in [5, 5.41) is 9.44. The average molecular weight is 282 g/mol. The third-order valence-electron chi connectivity index (χ3n) is 3.86. The molecule has 1 aromatic heterocycles. The molecule has 1 aliphatic rings. The molecule has 0 spiro atoms. The minimum absolute atomic E-state index is 0.116. The van der Waals surface area contributed by atoms with Gasteiger partial charge < -0.3 is 0 Å². The van der Waals surface area contributed by atoms with Crippen LogP contribution < -0.4 is 0 Å². The van der Waals surface area contributed by atoms with Crippen molar-refractivity contribution in [2.24, 2.45) is 0 Å². The maximum Gasteiger partial charge on any atom is 0.197 e. The van der Waals surface area contributed by atoms with Crippen LogP contribution in [0.1, 0.15) is 21.5 Å². The Bertz CT molecular complexity index is 953. The van der Waals surface area contributed by atoms with Gasteiger partial charge in [0.15, 0.2) is 5.78 Å². The second kappa shape index (κ2) is 4.64. The van der Waals surface area contributed by atoms with Gasteiger partial charge in [-0.15, -0.1) is 0 Å². The van der Waals surface area contributed by atoms with Gasteiger partial charge in [-0.3, -0.25) is 4.79 Å². The highest BCUT2D eigenvalue weighted by atomic mass is 16.1. The predicted molar refractivity (Wildman–Crippen MR) is 83.3 cm³/mol. The molecule has 0 bridgehead atoms. The van der Waals surface area contributed by atoms with Crippen molar-refractivity contribution < 1.29 is 4.79 Å². The van der Waals surface area contributed by atoms with Crippen molar-refractivity contribution in [3.05, 3.63) is 77.4 Å². The van der Waals surface area contributed by atoms with E-state index in [1.165, 1.54) is 0 Å². The fraction of sp³-hybridized carbons (Fsp3) is 0. The number of rotatable bonds is 1. The van der Waals surface area contributed by atoms with Crippen molar-refractivity contribution in [3.63, 3.8) is 0 Å². The maximum absolute atomic E-state index is 12.5. The van der Waals surface area contributed by atoms with Gasteiger partial charge in [0.1, 0.15) is 6.07 Å². The molecule has 0 radical (unpaired) electrons. The molecule has 3 heteroatoms. The highest BCUT2D eigenvalue weighted by molar-refractivity contribution is 6.22. The molecule has 1 aliphatic carbocycles. The second-order valence-electron chi connectivity index (χ2n) is 5.13. The van der Waals surface area contributed by atoms with E-state index >= 15 is 0 Å². The Morgan fingerprint density at radius 2 is 1.59 bits per heavy atom. The summed E-state index contributed by atoms with van der Waals surface area (Å²) in [7, 11) is 0. The lowest BCUT2D eigenvalue weighted by molar-refractivity contribution is 0.104. The van der Waals surface area contributed by atoms with Gasteiger partial charge >= 0.3 is 0 Å². The number of nitriles is 1. The number of fused-ring (bicyclic) bond motifs is 3. The molecule has 102 valence electrons. The summed E-state index contributed by atoms with van der Waals surface area (Å²) in [6.45, 7) is 0. The van der Waals surface area contributed by atoms with Crippen LogP contribution in [0.5, 0.6) is 0 Å². The van der Waals surface area contributed by atoms with Crippen molar-refractivity contribution >= 4 is 5.78 Å². The van der Waals surface area contributed by atoms with Crippen LogP contribution in [0.3, 0.4) is 0 Å². The molecule has 0 unspecified atom stereocenters. The number of hydrogen-bond acceptors (Lipinski definition) is 3. The second-order valence-corrected chi connectivity index (χ2v) is 5.13. The predicted octanol–water partition coefficient (Wildman–Crippen LogP) is 3.83. The topological polar surface area (TPSA) is 53.8 Å². The molecule has 0 aliphatic heterocycles. The van der Waals surface area contributed by atoms with E-state index in [0.29, 0.717) is 28.1 Å². The first-order chi connectivity index (χ1) is 10.8. The largest absolute Gasteiger partial charge is 0.288 e. The van der Waals surface area contributed by atoms with Gasteiger partial charge in [-0.25, -0.2) is 4.98 Å². The normalized spacial score (nSPS) is 11.7. The van der Waals surface area contributed by atoms with Crippen LogP contribution in [0, 0.1) is 11.3 Å². The number of benzene rings is 2. The Morgan fingerprint density at radius 1 is 0.909 bits per heavy atom. The number of pyridine rings is 1. The van der Waals surface area contributed by atoms with Crippen LogP contribution >= 0.6 is 0 Å². The van der Waals surface area contributed by atoms with Crippen molar-refractivity contribution in [2.75, 3.05) is 0 Å². The van der Waals surface area contributed by atoms with Gasteiger partial charge in [-0.2, -0.15) is 5.26 Å². The highest BCUT2D eigenvalue weighted by Gasteiger charge is 2.31. The number of hydrogen-bond donors (Lipinski definition) is 0. The molecule has 0 atom stereocenters. The number of aromatic nitrogens is 1. The van der Waals surface area contributed by atoms with Crippen LogP contribution in [-0.2, 0) is 0 Å². The van der Waals surface area contributed by atoms with Crippen molar-refractivity contribution in [1.29, 1.82) is 5.26 Å². The maximum atomic E-state index is 12.5. The van der Waals surface area contributed by atoms with Crippen LogP contribution in [0.2, 0.25) is 0 Å². The molecule has 4 rings (SSSR count). The third-order valence-corrected chi connectivity index (χ3v) is 3.86. The molecular formula is C19H10N2O. The first-order valence-corrected chi connectivity index (χ1v) is 6.94. The molecule has 1 heterocycles. The standard InChI is InChI=1S/C19H10N2O/c20-11-13-10-16(12-6-2-1-3-7-12)21-18-14-8-4-5-9-15(14)19(22)17(13)18/h1-10H.